The number of aliphatic hydroxyl groups excluding tert-OH is 1. The molecule has 0 aliphatic carbocycles. The van der Waals surface area contributed by atoms with E-state index in [0.29, 0.717) is 6.04 Å². The molecule has 0 saturated carbocycles. The second-order valence-corrected chi connectivity index (χ2v) is 6.24. The van der Waals surface area contributed by atoms with Crippen molar-refractivity contribution in [3.8, 4) is 0 Å². The van der Waals surface area contributed by atoms with E-state index in [9.17, 15) is 5.11 Å². The van der Waals surface area contributed by atoms with Gasteiger partial charge < -0.3 is 9.51 Å². The average molecular weight is 302 g/mol. The van der Waals surface area contributed by atoms with Crippen LogP contribution in [0.25, 0.3) is 5.65 Å². The first-order chi connectivity index (χ1) is 10.7. The first kappa shape index (κ1) is 15.5. The molecule has 0 bridgehead atoms. The number of rotatable bonds is 5. The van der Waals surface area contributed by atoms with Crippen LogP contribution in [0.1, 0.15) is 24.6 Å². The molecular weight excluding hydrogens is 276 g/mol. The third-order valence-electron chi connectivity index (χ3n) is 4.74. The number of hydrogen-bond acceptors (Lipinski definition) is 4. The predicted octanol–water partition coefficient (Wildman–Crippen LogP) is 1.53. The second-order valence-electron chi connectivity index (χ2n) is 6.24. The van der Waals surface area contributed by atoms with Crippen molar-refractivity contribution in [3.63, 3.8) is 0 Å². The van der Waals surface area contributed by atoms with E-state index >= 15 is 0 Å². The molecule has 0 aromatic carbocycles. The summed E-state index contributed by atoms with van der Waals surface area (Å²) in [5.74, 6) is 0. The highest BCUT2D eigenvalue weighted by Gasteiger charge is 2.22. The van der Waals surface area contributed by atoms with Crippen molar-refractivity contribution in [1.29, 1.82) is 0 Å². The molecule has 1 fully saturated rings. The van der Waals surface area contributed by atoms with Crippen LogP contribution in [0.15, 0.2) is 24.5 Å². The van der Waals surface area contributed by atoms with Gasteiger partial charge in [-0.1, -0.05) is 6.92 Å². The fraction of sp³-hybridized carbons (Fsp3) is 0.588. The van der Waals surface area contributed by atoms with Gasteiger partial charge in [-0.15, -0.1) is 0 Å². The molecule has 1 atom stereocenters. The van der Waals surface area contributed by atoms with Crippen LogP contribution in [0, 0.1) is 6.92 Å². The molecule has 1 saturated heterocycles. The highest BCUT2D eigenvalue weighted by atomic mass is 16.3. The number of piperazine rings is 1. The van der Waals surface area contributed by atoms with Gasteiger partial charge in [0.1, 0.15) is 5.65 Å². The van der Waals surface area contributed by atoms with Crippen LogP contribution in [-0.4, -0.2) is 63.1 Å². The Morgan fingerprint density at radius 2 is 2.05 bits per heavy atom. The summed E-state index contributed by atoms with van der Waals surface area (Å²) in [7, 11) is 0. The first-order valence-corrected chi connectivity index (χ1v) is 8.21. The van der Waals surface area contributed by atoms with Crippen molar-refractivity contribution < 1.29 is 5.11 Å². The van der Waals surface area contributed by atoms with Crippen LogP contribution in [0.5, 0.6) is 0 Å². The molecule has 5 nitrogen and oxygen atoms in total. The van der Waals surface area contributed by atoms with Gasteiger partial charge in [-0.05, 0) is 31.0 Å². The molecule has 120 valence electrons. The van der Waals surface area contributed by atoms with Crippen molar-refractivity contribution in [2.24, 2.45) is 0 Å². The van der Waals surface area contributed by atoms with E-state index < -0.39 is 0 Å². The van der Waals surface area contributed by atoms with Crippen molar-refractivity contribution in [3.05, 3.63) is 35.8 Å². The van der Waals surface area contributed by atoms with Gasteiger partial charge in [0.25, 0.3) is 0 Å². The van der Waals surface area contributed by atoms with Crippen LogP contribution in [0.3, 0.4) is 0 Å². The summed E-state index contributed by atoms with van der Waals surface area (Å²) < 4.78 is 2.18. The summed E-state index contributed by atoms with van der Waals surface area (Å²) in [5, 5.41) is 9.43. The highest BCUT2D eigenvalue weighted by molar-refractivity contribution is 5.42. The topological polar surface area (TPSA) is 44.0 Å². The van der Waals surface area contributed by atoms with E-state index in [2.05, 4.69) is 51.4 Å². The van der Waals surface area contributed by atoms with Crippen LogP contribution >= 0.6 is 0 Å². The molecule has 1 aliphatic heterocycles. The number of aromatic nitrogens is 2. The van der Waals surface area contributed by atoms with Gasteiger partial charge in [0.2, 0.25) is 0 Å². The maximum absolute atomic E-state index is 9.43. The minimum atomic E-state index is 0.267. The number of nitrogens with zero attached hydrogens (tertiary/aromatic N) is 4. The Kier molecular flexibility index (Phi) is 4.76. The Balaban J connectivity index is 1.62. The third kappa shape index (κ3) is 3.16. The van der Waals surface area contributed by atoms with E-state index in [1.807, 2.05) is 6.20 Å². The van der Waals surface area contributed by atoms with Crippen molar-refractivity contribution in [1.82, 2.24) is 19.2 Å². The zero-order valence-electron chi connectivity index (χ0n) is 13.6. The largest absolute Gasteiger partial charge is 0.395 e. The number of aryl methyl sites for hydroxylation is 1. The minimum Gasteiger partial charge on any atom is -0.395 e. The first-order valence-electron chi connectivity index (χ1n) is 8.21. The van der Waals surface area contributed by atoms with Crippen LogP contribution in [0.4, 0.5) is 0 Å². The summed E-state index contributed by atoms with van der Waals surface area (Å²) in [6.45, 7) is 9.62. The molecule has 5 heteroatoms. The molecule has 0 radical (unpaired) electrons. The van der Waals surface area contributed by atoms with Crippen LogP contribution < -0.4 is 0 Å². The Morgan fingerprint density at radius 3 is 2.73 bits per heavy atom. The summed E-state index contributed by atoms with van der Waals surface area (Å²) in [6, 6.07) is 4.57. The Hall–Kier alpha value is -1.43. The molecule has 1 N–H and O–H groups in total. The fourth-order valence-corrected chi connectivity index (χ4v) is 3.27. The van der Waals surface area contributed by atoms with E-state index in [4.69, 9.17) is 0 Å². The molecule has 2 aromatic rings. The summed E-state index contributed by atoms with van der Waals surface area (Å²) in [6.07, 6.45) is 5.12. The Bertz CT molecular complexity index is 612. The van der Waals surface area contributed by atoms with Crippen LogP contribution in [-0.2, 0) is 6.54 Å². The summed E-state index contributed by atoms with van der Waals surface area (Å²) >= 11 is 0. The molecule has 3 rings (SSSR count). The maximum atomic E-state index is 9.43. The molecule has 22 heavy (non-hydrogen) atoms. The highest BCUT2D eigenvalue weighted by Crippen LogP contribution is 2.14. The lowest BCUT2D eigenvalue weighted by atomic mass is 10.1. The van der Waals surface area contributed by atoms with Gasteiger partial charge in [0.15, 0.2) is 0 Å². The minimum absolute atomic E-state index is 0.267. The number of pyridine rings is 1. The van der Waals surface area contributed by atoms with Gasteiger partial charge in [-0.2, -0.15) is 0 Å². The van der Waals surface area contributed by atoms with Gasteiger partial charge >= 0.3 is 0 Å². The standard InChI is InChI=1S/C17H26N4O/c1-3-15(13-22)20-8-6-19(7-9-20)12-16-11-18-17-10-14(2)4-5-21(16)17/h4-5,10-11,15,22H,3,6-9,12-13H2,1-2H3. The lowest BCUT2D eigenvalue weighted by molar-refractivity contribution is 0.0603. The van der Waals surface area contributed by atoms with E-state index in [0.717, 1.165) is 44.8 Å². The molecule has 3 heterocycles. The maximum Gasteiger partial charge on any atom is 0.137 e. The third-order valence-corrected chi connectivity index (χ3v) is 4.74. The molecule has 0 spiro atoms. The monoisotopic (exact) mass is 302 g/mol. The number of fused-ring (bicyclic) bond motifs is 1. The smallest absolute Gasteiger partial charge is 0.137 e. The van der Waals surface area contributed by atoms with Gasteiger partial charge in [0, 0.05) is 45.0 Å². The molecule has 0 amide bonds. The van der Waals surface area contributed by atoms with Crippen molar-refractivity contribution in [2.75, 3.05) is 32.8 Å². The van der Waals surface area contributed by atoms with E-state index in [1.54, 1.807) is 0 Å². The molecular formula is C17H26N4O. The summed E-state index contributed by atoms with van der Waals surface area (Å²) in [4.78, 5) is 9.39. The van der Waals surface area contributed by atoms with E-state index in [1.165, 1.54) is 11.3 Å². The predicted molar refractivity (Wildman–Crippen MR) is 87.9 cm³/mol. The lowest BCUT2D eigenvalue weighted by Crippen LogP contribution is -2.50. The SMILES string of the molecule is CCC(CO)N1CCN(Cc2cnc3cc(C)ccn23)CC1. The Morgan fingerprint density at radius 1 is 1.27 bits per heavy atom. The number of hydrogen-bond donors (Lipinski definition) is 1. The van der Waals surface area contributed by atoms with Crippen LogP contribution in [0.2, 0.25) is 0 Å². The normalized spacial score (nSPS) is 18.9. The number of aliphatic hydroxyl groups is 1. The van der Waals surface area contributed by atoms with Crippen molar-refractivity contribution in [2.45, 2.75) is 32.9 Å². The van der Waals surface area contributed by atoms with Gasteiger partial charge in [-0.25, -0.2) is 4.98 Å². The average Bonchev–Trinajstić information content (AvgIpc) is 2.92. The second kappa shape index (κ2) is 6.77. The van der Waals surface area contributed by atoms with E-state index in [-0.39, 0.29) is 6.61 Å². The number of imidazole rings is 1. The zero-order chi connectivity index (χ0) is 15.5. The van der Waals surface area contributed by atoms with Gasteiger partial charge in [-0.3, -0.25) is 9.80 Å². The van der Waals surface area contributed by atoms with Crippen molar-refractivity contribution >= 4 is 5.65 Å². The molecule has 1 unspecified atom stereocenters. The van der Waals surface area contributed by atoms with Gasteiger partial charge in [0.05, 0.1) is 18.5 Å². The zero-order valence-corrected chi connectivity index (χ0v) is 13.6. The Labute approximate surface area is 132 Å². The molecule has 2 aromatic heterocycles. The fourth-order valence-electron chi connectivity index (χ4n) is 3.27. The molecule has 1 aliphatic rings. The lowest BCUT2D eigenvalue weighted by Gasteiger charge is -2.38. The summed E-state index contributed by atoms with van der Waals surface area (Å²) in [5.41, 5.74) is 3.52. The quantitative estimate of drug-likeness (QED) is 0.910.